The first kappa shape index (κ1) is 13.1. The van der Waals surface area contributed by atoms with Crippen LogP contribution in [-0.2, 0) is 20.9 Å². The molecule has 1 aromatic rings. The zero-order chi connectivity index (χ0) is 13.1. The van der Waals surface area contributed by atoms with Crippen molar-refractivity contribution < 1.29 is 14.3 Å². The molecular formula is C15H20O3. The van der Waals surface area contributed by atoms with Crippen LogP contribution >= 0.6 is 0 Å². The molecule has 18 heavy (non-hydrogen) atoms. The van der Waals surface area contributed by atoms with Gasteiger partial charge in [0, 0.05) is 0 Å². The molecule has 0 radical (unpaired) electrons. The van der Waals surface area contributed by atoms with Gasteiger partial charge in [0.25, 0.3) is 0 Å². The Kier molecular flexibility index (Phi) is 4.02. The maximum Gasteiger partial charge on any atom is 0.335 e. The van der Waals surface area contributed by atoms with Crippen LogP contribution in [0.2, 0.25) is 0 Å². The van der Waals surface area contributed by atoms with E-state index in [1.54, 1.807) is 0 Å². The Morgan fingerprint density at radius 2 is 1.78 bits per heavy atom. The van der Waals surface area contributed by atoms with Gasteiger partial charge < -0.3 is 9.47 Å². The molecular weight excluding hydrogens is 228 g/mol. The number of benzene rings is 1. The lowest BCUT2D eigenvalue weighted by Crippen LogP contribution is -2.46. The van der Waals surface area contributed by atoms with Gasteiger partial charge in [-0.05, 0) is 24.3 Å². The average molecular weight is 248 g/mol. The van der Waals surface area contributed by atoms with Crippen molar-refractivity contribution in [2.75, 3.05) is 0 Å². The minimum absolute atomic E-state index is 0.0240. The highest BCUT2D eigenvalue weighted by Crippen LogP contribution is 2.29. The quantitative estimate of drug-likeness (QED) is 0.772. The largest absolute Gasteiger partial charge is 0.460 e. The molecule has 0 N–H and O–H groups in total. The standard InChI is InChI=1S/C15H20O3/c1-10-11(2)14(15(16)18-12(10)3)17-9-13-7-5-4-6-8-13/h4-8,10-12,14H,9H2,1-3H3. The molecule has 0 aliphatic carbocycles. The third-order valence-electron chi connectivity index (χ3n) is 3.85. The first-order valence-corrected chi connectivity index (χ1v) is 6.45. The minimum atomic E-state index is -0.448. The summed E-state index contributed by atoms with van der Waals surface area (Å²) in [5.41, 5.74) is 1.07. The number of ether oxygens (including phenoxy) is 2. The summed E-state index contributed by atoms with van der Waals surface area (Å²) < 4.78 is 11.0. The van der Waals surface area contributed by atoms with Crippen molar-refractivity contribution in [1.29, 1.82) is 0 Å². The van der Waals surface area contributed by atoms with E-state index in [1.807, 2.05) is 37.3 Å². The lowest BCUT2D eigenvalue weighted by Gasteiger charge is -2.36. The Morgan fingerprint density at radius 3 is 2.44 bits per heavy atom. The zero-order valence-corrected chi connectivity index (χ0v) is 11.1. The van der Waals surface area contributed by atoms with Crippen LogP contribution in [0.1, 0.15) is 26.3 Å². The van der Waals surface area contributed by atoms with Crippen LogP contribution in [0.3, 0.4) is 0 Å². The van der Waals surface area contributed by atoms with E-state index in [2.05, 4.69) is 13.8 Å². The van der Waals surface area contributed by atoms with Gasteiger partial charge in [-0.2, -0.15) is 0 Å². The molecule has 1 heterocycles. The van der Waals surface area contributed by atoms with E-state index >= 15 is 0 Å². The predicted octanol–water partition coefficient (Wildman–Crippen LogP) is 2.79. The van der Waals surface area contributed by atoms with Crippen LogP contribution in [0, 0.1) is 11.8 Å². The monoisotopic (exact) mass is 248 g/mol. The number of cyclic esters (lactones) is 1. The molecule has 1 aromatic carbocycles. The number of hydrogen-bond acceptors (Lipinski definition) is 3. The van der Waals surface area contributed by atoms with Crippen molar-refractivity contribution in [3.8, 4) is 0 Å². The van der Waals surface area contributed by atoms with Crippen molar-refractivity contribution >= 4 is 5.97 Å². The Hall–Kier alpha value is -1.35. The third kappa shape index (κ3) is 2.72. The molecule has 1 fully saturated rings. The fraction of sp³-hybridized carbons (Fsp3) is 0.533. The first-order chi connectivity index (χ1) is 8.59. The number of hydrogen-bond donors (Lipinski definition) is 0. The number of rotatable bonds is 3. The second-order valence-electron chi connectivity index (χ2n) is 5.08. The molecule has 3 nitrogen and oxygen atoms in total. The van der Waals surface area contributed by atoms with Crippen LogP contribution in [-0.4, -0.2) is 18.2 Å². The van der Waals surface area contributed by atoms with E-state index in [4.69, 9.17) is 9.47 Å². The van der Waals surface area contributed by atoms with Gasteiger partial charge in [-0.25, -0.2) is 4.79 Å². The van der Waals surface area contributed by atoms with Gasteiger partial charge in [0.1, 0.15) is 6.10 Å². The zero-order valence-electron chi connectivity index (χ0n) is 11.1. The predicted molar refractivity (Wildman–Crippen MR) is 68.9 cm³/mol. The van der Waals surface area contributed by atoms with Gasteiger partial charge in [0.05, 0.1) is 6.61 Å². The molecule has 2 rings (SSSR count). The molecule has 1 aliphatic heterocycles. The van der Waals surface area contributed by atoms with Gasteiger partial charge in [0.15, 0.2) is 6.10 Å². The second kappa shape index (κ2) is 5.53. The van der Waals surface area contributed by atoms with Crippen LogP contribution < -0.4 is 0 Å². The summed E-state index contributed by atoms with van der Waals surface area (Å²) in [6, 6.07) is 9.87. The molecule has 1 saturated heterocycles. The lowest BCUT2D eigenvalue weighted by atomic mass is 9.84. The molecule has 0 saturated carbocycles. The number of carbonyl (C=O) groups is 1. The molecule has 3 heteroatoms. The summed E-state index contributed by atoms with van der Waals surface area (Å²) in [6.45, 7) is 6.54. The average Bonchev–Trinajstić information content (AvgIpc) is 2.37. The van der Waals surface area contributed by atoms with E-state index < -0.39 is 6.10 Å². The second-order valence-corrected chi connectivity index (χ2v) is 5.08. The molecule has 0 bridgehead atoms. The van der Waals surface area contributed by atoms with E-state index in [9.17, 15) is 4.79 Å². The molecule has 0 amide bonds. The van der Waals surface area contributed by atoms with Crippen molar-refractivity contribution in [3.05, 3.63) is 35.9 Å². The minimum Gasteiger partial charge on any atom is -0.460 e. The van der Waals surface area contributed by atoms with Gasteiger partial charge in [-0.3, -0.25) is 0 Å². The van der Waals surface area contributed by atoms with Gasteiger partial charge in [-0.15, -0.1) is 0 Å². The molecule has 98 valence electrons. The van der Waals surface area contributed by atoms with E-state index in [0.717, 1.165) is 5.56 Å². The summed E-state index contributed by atoms with van der Waals surface area (Å²) in [5.74, 6) is 0.275. The van der Waals surface area contributed by atoms with E-state index in [0.29, 0.717) is 12.5 Å². The fourth-order valence-corrected chi connectivity index (χ4v) is 2.26. The molecule has 4 unspecified atom stereocenters. The Balaban J connectivity index is 1.98. The van der Waals surface area contributed by atoms with Gasteiger partial charge >= 0.3 is 5.97 Å². The highest BCUT2D eigenvalue weighted by Gasteiger charge is 2.40. The van der Waals surface area contributed by atoms with Crippen LogP contribution in [0.15, 0.2) is 30.3 Å². The highest BCUT2D eigenvalue weighted by atomic mass is 16.6. The van der Waals surface area contributed by atoms with Crippen LogP contribution in [0.4, 0.5) is 0 Å². The van der Waals surface area contributed by atoms with Crippen molar-refractivity contribution in [1.82, 2.24) is 0 Å². The summed E-state index contributed by atoms with van der Waals surface area (Å²) in [5, 5.41) is 0. The van der Waals surface area contributed by atoms with Crippen molar-refractivity contribution in [2.45, 2.75) is 39.6 Å². The van der Waals surface area contributed by atoms with E-state index in [1.165, 1.54) is 0 Å². The summed E-state index contributed by atoms with van der Waals surface area (Å²) >= 11 is 0. The maximum atomic E-state index is 11.8. The normalized spacial score (nSPS) is 32.1. The third-order valence-corrected chi connectivity index (χ3v) is 3.85. The van der Waals surface area contributed by atoms with Gasteiger partial charge in [-0.1, -0.05) is 44.2 Å². The van der Waals surface area contributed by atoms with Crippen molar-refractivity contribution in [3.63, 3.8) is 0 Å². The first-order valence-electron chi connectivity index (χ1n) is 6.45. The molecule has 0 spiro atoms. The SMILES string of the molecule is CC1OC(=O)C(OCc2ccccc2)C(C)C1C. The number of carbonyl (C=O) groups excluding carboxylic acids is 1. The van der Waals surface area contributed by atoms with Crippen LogP contribution in [0.25, 0.3) is 0 Å². The number of esters is 1. The van der Waals surface area contributed by atoms with Gasteiger partial charge in [0.2, 0.25) is 0 Å². The molecule has 1 aliphatic rings. The molecule has 0 aromatic heterocycles. The smallest absolute Gasteiger partial charge is 0.335 e. The summed E-state index contributed by atoms with van der Waals surface area (Å²) in [7, 11) is 0. The molecule has 4 atom stereocenters. The summed E-state index contributed by atoms with van der Waals surface area (Å²) in [6.07, 6.45) is -0.472. The Bertz CT molecular complexity index is 401. The Morgan fingerprint density at radius 1 is 1.11 bits per heavy atom. The summed E-state index contributed by atoms with van der Waals surface area (Å²) in [4.78, 5) is 11.8. The topological polar surface area (TPSA) is 35.5 Å². The lowest BCUT2D eigenvalue weighted by molar-refractivity contribution is -0.185. The maximum absolute atomic E-state index is 11.8. The fourth-order valence-electron chi connectivity index (χ4n) is 2.26. The van der Waals surface area contributed by atoms with E-state index in [-0.39, 0.29) is 18.0 Å². The van der Waals surface area contributed by atoms with Crippen molar-refractivity contribution in [2.24, 2.45) is 11.8 Å². The Labute approximate surface area is 108 Å². The van der Waals surface area contributed by atoms with Crippen LogP contribution in [0.5, 0.6) is 0 Å². The highest BCUT2D eigenvalue weighted by molar-refractivity contribution is 5.76.